The first kappa shape index (κ1) is 14.7. The van der Waals surface area contributed by atoms with Gasteiger partial charge >= 0.3 is 0 Å². The van der Waals surface area contributed by atoms with Crippen LogP contribution in [0.1, 0.15) is 18.1 Å². The lowest BCUT2D eigenvalue weighted by Gasteiger charge is -2.08. The van der Waals surface area contributed by atoms with Crippen LogP contribution < -0.4 is 0 Å². The van der Waals surface area contributed by atoms with Crippen LogP contribution >= 0.6 is 0 Å². The molecular formula is C22H19NO. The molecule has 1 aromatic heterocycles. The predicted octanol–water partition coefficient (Wildman–Crippen LogP) is 4.97. The lowest BCUT2D eigenvalue weighted by molar-refractivity contribution is -0.116. The zero-order valence-corrected chi connectivity index (χ0v) is 13.7. The molecule has 0 N–H and O–H groups in total. The monoisotopic (exact) mass is 313 g/mol. The zero-order chi connectivity index (χ0) is 16.5. The second-order valence-corrected chi connectivity index (χ2v) is 6.32. The fourth-order valence-electron chi connectivity index (χ4n) is 3.41. The molecular weight excluding hydrogens is 294 g/mol. The van der Waals surface area contributed by atoms with Gasteiger partial charge in [0, 0.05) is 34.8 Å². The highest BCUT2D eigenvalue weighted by molar-refractivity contribution is 6.08. The summed E-state index contributed by atoms with van der Waals surface area (Å²) in [6.07, 6.45) is 0.510. The molecule has 0 aliphatic carbocycles. The van der Waals surface area contributed by atoms with E-state index in [2.05, 4.69) is 77.4 Å². The first-order chi connectivity index (χ1) is 11.7. The molecule has 0 radical (unpaired) electrons. The minimum atomic E-state index is 0.199. The molecule has 2 heteroatoms. The third-order valence-electron chi connectivity index (χ3n) is 4.50. The van der Waals surface area contributed by atoms with Crippen LogP contribution in [0.5, 0.6) is 0 Å². The van der Waals surface area contributed by atoms with E-state index in [0.29, 0.717) is 6.42 Å². The Hall–Kier alpha value is -2.87. The molecule has 0 bridgehead atoms. The van der Waals surface area contributed by atoms with Gasteiger partial charge in [-0.1, -0.05) is 60.7 Å². The average Bonchev–Trinajstić information content (AvgIpc) is 2.91. The van der Waals surface area contributed by atoms with Gasteiger partial charge in [0.25, 0.3) is 0 Å². The fourth-order valence-corrected chi connectivity index (χ4v) is 3.41. The Labute approximate surface area is 141 Å². The number of nitrogens with zero attached hydrogens (tertiary/aromatic N) is 1. The highest BCUT2D eigenvalue weighted by Gasteiger charge is 2.09. The van der Waals surface area contributed by atoms with Crippen molar-refractivity contribution in [3.63, 3.8) is 0 Å². The lowest BCUT2D eigenvalue weighted by atomic mass is 10.1. The normalized spacial score (nSPS) is 11.2. The molecule has 118 valence electrons. The molecule has 0 aliphatic heterocycles. The number of carbonyl (C=O) groups excluding carboxylic acids is 1. The summed E-state index contributed by atoms with van der Waals surface area (Å²) in [4.78, 5) is 11.2. The first-order valence-corrected chi connectivity index (χ1v) is 8.25. The summed E-state index contributed by atoms with van der Waals surface area (Å²) in [6.45, 7) is 2.46. The van der Waals surface area contributed by atoms with Crippen LogP contribution in [-0.4, -0.2) is 10.4 Å². The number of rotatable bonds is 4. The van der Waals surface area contributed by atoms with Crippen LogP contribution in [0.3, 0.4) is 0 Å². The Bertz CT molecular complexity index is 972. The van der Waals surface area contributed by atoms with E-state index < -0.39 is 0 Å². The molecule has 0 spiro atoms. The van der Waals surface area contributed by atoms with Crippen LogP contribution in [0, 0.1) is 0 Å². The van der Waals surface area contributed by atoms with Gasteiger partial charge in [-0.05, 0) is 30.2 Å². The first-order valence-electron chi connectivity index (χ1n) is 8.25. The molecule has 0 saturated heterocycles. The van der Waals surface area contributed by atoms with E-state index in [4.69, 9.17) is 0 Å². The topological polar surface area (TPSA) is 22.0 Å². The third kappa shape index (κ3) is 2.61. The molecule has 0 amide bonds. The summed E-state index contributed by atoms with van der Waals surface area (Å²) >= 11 is 0. The summed E-state index contributed by atoms with van der Waals surface area (Å²) in [7, 11) is 0. The van der Waals surface area contributed by atoms with Crippen molar-refractivity contribution in [2.75, 3.05) is 0 Å². The largest absolute Gasteiger partial charge is 0.336 e. The fraction of sp³-hybridized carbons (Fsp3) is 0.136. The molecule has 0 atom stereocenters. The molecule has 4 aromatic rings. The Morgan fingerprint density at radius 1 is 0.750 bits per heavy atom. The van der Waals surface area contributed by atoms with E-state index in [0.717, 1.165) is 12.1 Å². The SMILES string of the molecule is CC(=O)Cc1ccc(Cn2c3ccccc3c3ccccc32)cc1. The highest BCUT2D eigenvalue weighted by Crippen LogP contribution is 2.29. The van der Waals surface area contributed by atoms with Crippen LogP contribution in [0.4, 0.5) is 0 Å². The van der Waals surface area contributed by atoms with E-state index in [9.17, 15) is 4.79 Å². The minimum absolute atomic E-state index is 0.199. The number of Topliss-reactive ketones (excluding diaryl/α,β-unsaturated/α-hetero) is 1. The van der Waals surface area contributed by atoms with Crippen LogP contribution in [0.2, 0.25) is 0 Å². The number of benzene rings is 3. The highest BCUT2D eigenvalue weighted by atomic mass is 16.1. The zero-order valence-electron chi connectivity index (χ0n) is 13.7. The Morgan fingerprint density at radius 2 is 1.25 bits per heavy atom. The van der Waals surface area contributed by atoms with Gasteiger partial charge in [0.2, 0.25) is 0 Å². The molecule has 0 saturated carbocycles. The van der Waals surface area contributed by atoms with Crippen molar-refractivity contribution >= 4 is 27.6 Å². The number of aromatic nitrogens is 1. The Morgan fingerprint density at radius 3 is 1.79 bits per heavy atom. The summed E-state index contributed by atoms with van der Waals surface area (Å²) in [5.41, 5.74) is 4.83. The van der Waals surface area contributed by atoms with Gasteiger partial charge in [-0.3, -0.25) is 4.79 Å². The van der Waals surface area contributed by atoms with Crippen LogP contribution in [0.15, 0.2) is 72.8 Å². The van der Waals surface area contributed by atoms with Crippen molar-refractivity contribution in [3.8, 4) is 0 Å². The quantitative estimate of drug-likeness (QED) is 0.521. The van der Waals surface area contributed by atoms with E-state index in [1.54, 1.807) is 6.92 Å². The minimum Gasteiger partial charge on any atom is -0.336 e. The van der Waals surface area contributed by atoms with Gasteiger partial charge in [0.05, 0.1) is 0 Å². The molecule has 2 nitrogen and oxygen atoms in total. The van der Waals surface area contributed by atoms with Gasteiger partial charge in [-0.15, -0.1) is 0 Å². The van der Waals surface area contributed by atoms with E-state index in [1.807, 2.05) is 0 Å². The summed E-state index contributed by atoms with van der Waals surface area (Å²) in [5, 5.41) is 2.59. The molecule has 0 unspecified atom stereocenters. The van der Waals surface area contributed by atoms with E-state index in [-0.39, 0.29) is 5.78 Å². The van der Waals surface area contributed by atoms with Crippen LogP contribution in [0.25, 0.3) is 21.8 Å². The number of carbonyl (C=O) groups is 1. The van der Waals surface area contributed by atoms with Gasteiger partial charge in [-0.25, -0.2) is 0 Å². The summed E-state index contributed by atoms with van der Waals surface area (Å²) in [6, 6.07) is 25.5. The molecule has 1 heterocycles. The van der Waals surface area contributed by atoms with Gasteiger partial charge in [0.15, 0.2) is 0 Å². The number of fused-ring (bicyclic) bond motifs is 3. The van der Waals surface area contributed by atoms with Gasteiger partial charge in [-0.2, -0.15) is 0 Å². The Kier molecular flexibility index (Phi) is 3.66. The number of ketones is 1. The lowest BCUT2D eigenvalue weighted by Crippen LogP contribution is -2.00. The maximum Gasteiger partial charge on any atom is 0.134 e. The predicted molar refractivity (Wildman–Crippen MR) is 99.4 cm³/mol. The van der Waals surface area contributed by atoms with Crippen molar-refractivity contribution in [3.05, 3.63) is 83.9 Å². The second kappa shape index (κ2) is 5.97. The van der Waals surface area contributed by atoms with Crippen molar-refractivity contribution in [1.82, 2.24) is 4.57 Å². The van der Waals surface area contributed by atoms with Crippen LogP contribution in [-0.2, 0) is 17.8 Å². The third-order valence-corrected chi connectivity index (χ3v) is 4.50. The molecule has 4 rings (SSSR count). The molecule has 0 fully saturated rings. The van der Waals surface area contributed by atoms with Crippen molar-refractivity contribution < 1.29 is 4.79 Å². The number of hydrogen-bond donors (Lipinski definition) is 0. The summed E-state index contributed by atoms with van der Waals surface area (Å²) in [5.74, 6) is 0.199. The van der Waals surface area contributed by atoms with Crippen molar-refractivity contribution in [2.45, 2.75) is 19.9 Å². The van der Waals surface area contributed by atoms with Crippen molar-refractivity contribution in [2.24, 2.45) is 0 Å². The standard InChI is InChI=1S/C22H19NO/c1-16(24)14-17-10-12-18(13-11-17)15-23-21-8-4-2-6-19(21)20-7-3-5-9-22(20)23/h2-13H,14-15H2,1H3. The molecule has 3 aromatic carbocycles. The molecule has 0 aliphatic rings. The van der Waals surface area contributed by atoms with Gasteiger partial charge in [0.1, 0.15) is 5.78 Å². The number of hydrogen-bond acceptors (Lipinski definition) is 1. The van der Waals surface area contributed by atoms with Crippen molar-refractivity contribution in [1.29, 1.82) is 0 Å². The maximum atomic E-state index is 11.2. The summed E-state index contributed by atoms with van der Waals surface area (Å²) < 4.78 is 2.37. The second-order valence-electron chi connectivity index (χ2n) is 6.32. The van der Waals surface area contributed by atoms with E-state index in [1.165, 1.54) is 27.4 Å². The Balaban J connectivity index is 1.77. The van der Waals surface area contributed by atoms with Gasteiger partial charge < -0.3 is 4.57 Å². The molecule has 24 heavy (non-hydrogen) atoms. The number of para-hydroxylation sites is 2. The average molecular weight is 313 g/mol. The van der Waals surface area contributed by atoms with E-state index >= 15 is 0 Å². The maximum absolute atomic E-state index is 11.2. The smallest absolute Gasteiger partial charge is 0.134 e.